The van der Waals surface area contributed by atoms with Gasteiger partial charge in [-0.05, 0) is 24.6 Å². The van der Waals surface area contributed by atoms with Crippen LogP contribution in [0.15, 0.2) is 30.6 Å². The minimum Gasteiger partial charge on any atom is -0.303 e. The maximum atomic E-state index is 13.1. The van der Waals surface area contributed by atoms with Gasteiger partial charge in [-0.3, -0.25) is 4.79 Å². The fourth-order valence-electron chi connectivity index (χ4n) is 2.03. The van der Waals surface area contributed by atoms with Crippen molar-refractivity contribution in [2.75, 3.05) is 0 Å². The number of benzene rings is 1. The summed E-state index contributed by atoms with van der Waals surface area (Å²) in [5, 5.41) is 0. The second-order valence-electron chi connectivity index (χ2n) is 4.36. The molecule has 0 saturated heterocycles. The average Bonchev–Trinajstić information content (AvgIpc) is 2.85. The molecule has 0 saturated carbocycles. The third-order valence-corrected chi connectivity index (χ3v) is 2.91. The van der Waals surface area contributed by atoms with E-state index in [1.54, 1.807) is 0 Å². The number of aryl methyl sites for hydroxylation is 1. The van der Waals surface area contributed by atoms with Crippen molar-refractivity contribution in [3.8, 4) is 5.69 Å². The number of carbonyl (C=O) groups is 1. The first-order valence-electron chi connectivity index (χ1n) is 6.16. The van der Waals surface area contributed by atoms with E-state index in [0.29, 0.717) is 18.5 Å². The van der Waals surface area contributed by atoms with Gasteiger partial charge in [-0.25, -0.2) is 4.98 Å². The Kier molecular flexibility index (Phi) is 3.92. The number of rotatable bonds is 4. The lowest BCUT2D eigenvalue weighted by Gasteiger charge is -2.15. The Morgan fingerprint density at radius 2 is 2.10 bits per heavy atom. The summed E-state index contributed by atoms with van der Waals surface area (Å²) < 4.78 is 40.8. The highest BCUT2D eigenvalue weighted by molar-refractivity contribution is 5.76. The van der Waals surface area contributed by atoms with E-state index in [9.17, 15) is 18.0 Å². The molecular weight excluding hydrogens is 269 g/mol. The van der Waals surface area contributed by atoms with Crippen molar-refractivity contribution in [1.29, 1.82) is 0 Å². The van der Waals surface area contributed by atoms with Crippen LogP contribution >= 0.6 is 0 Å². The molecule has 0 aliphatic carbocycles. The summed E-state index contributed by atoms with van der Waals surface area (Å²) in [5.74, 6) is 0.567. The first kappa shape index (κ1) is 14.3. The van der Waals surface area contributed by atoms with Gasteiger partial charge in [-0.15, -0.1) is 0 Å². The number of imidazole rings is 1. The smallest absolute Gasteiger partial charge is 0.303 e. The van der Waals surface area contributed by atoms with E-state index in [4.69, 9.17) is 0 Å². The standard InChI is InChI=1S/C14H13F3N2O/c1-2-3-13-18-6-7-19(13)12-5-4-10(9-20)8-11(12)14(15,16)17/h4-9H,2-3H2,1H3. The fraction of sp³-hybridized carbons (Fsp3) is 0.286. The lowest BCUT2D eigenvalue weighted by atomic mass is 10.1. The molecule has 0 N–H and O–H groups in total. The first-order chi connectivity index (χ1) is 9.47. The second kappa shape index (κ2) is 5.48. The van der Waals surface area contributed by atoms with Crippen LogP contribution in [0.1, 0.15) is 35.1 Å². The summed E-state index contributed by atoms with van der Waals surface area (Å²) in [6, 6.07) is 3.53. The van der Waals surface area contributed by atoms with Crippen LogP contribution in [0.25, 0.3) is 5.69 Å². The fourth-order valence-corrected chi connectivity index (χ4v) is 2.03. The summed E-state index contributed by atoms with van der Waals surface area (Å²) >= 11 is 0. The van der Waals surface area contributed by atoms with Gasteiger partial charge in [0.25, 0.3) is 0 Å². The van der Waals surface area contributed by atoms with Crippen molar-refractivity contribution in [2.45, 2.75) is 25.9 Å². The van der Waals surface area contributed by atoms with Gasteiger partial charge in [-0.1, -0.05) is 6.92 Å². The van der Waals surface area contributed by atoms with E-state index in [2.05, 4.69) is 4.98 Å². The molecule has 1 heterocycles. The molecule has 2 rings (SSSR count). The number of hydrogen-bond acceptors (Lipinski definition) is 2. The molecule has 20 heavy (non-hydrogen) atoms. The minimum atomic E-state index is -4.53. The Hall–Kier alpha value is -2.11. The zero-order valence-corrected chi connectivity index (χ0v) is 10.8. The lowest BCUT2D eigenvalue weighted by molar-refractivity contribution is -0.137. The Morgan fingerprint density at radius 1 is 1.35 bits per heavy atom. The van der Waals surface area contributed by atoms with Crippen LogP contribution in [-0.2, 0) is 12.6 Å². The lowest BCUT2D eigenvalue weighted by Crippen LogP contribution is -2.12. The van der Waals surface area contributed by atoms with Gasteiger partial charge in [-0.2, -0.15) is 13.2 Å². The number of carbonyl (C=O) groups excluding carboxylic acids is 1. The van der Waals surface area contributed by atoms with Gasteiger partial charge in [0.15, 0.2) is 0 Å². The number of halogens is 3. The summed E-state index contributed by atoms with van der Waals surface area (Å²) in [5.41, 5.74) is -0.847. The van der Waals surface area contributed by atoms with Crippen LogP contribution in [0.3, 0.4) is 0 Å². The van der Waals surface area contributed by atoms with E-state index < -0.39 is 11.7 Å². The molecule has 3 nitrogen and oxygen atoms in total. The largest absolute Gasteiger partial charge is 0.418 e. The molecule has 0 atom stereocenters. The van der Waals surface area contributed by atoms with Crippen molar-refractivity contribution in [3.05, 3.63) is 47.5 Å². The van der Waals surface area contributed by atoms with Gasteiger partial charge in [0, 0.05) is 24.4 Å². The zero-order chi connectivity index (χ0) is 14.8. The average molecular weight is 282 g/mol. The predicted molar refractivity (Wildman–Crippen MR) is 67.9 cm³/mol. The van der Waals surface area contributed by atoms with Crippen LogP contribution in [0, 0.1) is 0 Å². The van der Waals surface area contributed by atoms with Gasteiger partial charge in [0.2, 0.25) is 0 Å². The monoisotopic (exact) mass is 282 g/mol. The maximum absolute atomic E-state index is 13.1. The van der Waals surface area contributed by atoms with Gasteiger partial charge in [0.05, 0.1) is 11.3 Å². The van der Waals surface area contributed by atoms with Crippen molar-refractivity contribution in [1.82, 2.24) is 9.55 Å². The van der Waals surface area contributed by atoms with Gasteiger partial charge >= 0.3 is 6.18 Å². The molecule has 0 radical (unpaired) electrons. The Morgan fingerprint density at radius 3 is 2.70 bits per heavy atom. The summed E-state index contributed by atoms with van der Waals surface area (Å²) in [4.78, 5) is 14.7. The van der Waals surface area contributed by atoms with Crippen LogP contribution in [-0.4, -0.2) is 15.8 Å². The van der Waals surface area contributed by atoms with Crippen molar-refractivity contribution < 1.29 is 18.0 Å². The van der Waals surface area contributed by atoms with Crippen LogP contribution in [0.5, 0.6) is 0 Å². The molecule has 6 heteroatoms. The second-order valence-corrected chi connectivity index (χ2v) is 4.36. The molecule has 106 valence electrons. The van der Waals surface area contributed by atoms with Crippen LogP contribution in [0.4, 0.5) is 13.2 Å². The van der Waals surface area contributed by atoms with Gasteiger partial charge in [0.1, 0.15) is 12.1 Å². The highest BCUT2D eigenvalue weighted by Gasteiger charge is 2.34. The zero-order valence-electron chi connectivity index (χ0n) is 10.8. The normalized spacial score (nSPS) is 11.6. The third-order valence-electron chi connectivity index (χ3n) is 2.91. The molecule has 0 spiro atoms. The van der Waals surface area contributed by atoms with Crippen molar-refractivity contribution >= 4 is 6.29 Å². The van der Waals surface area contributed by atoms with Crippen molar-refractivity contribution in [3.63, 3.8) is 0 Å². The van der Waals surface area contributed by atoms with E-state index >= 15 is 0 Å². The Labute approximate surface area is 114 Å². The Balaban J connectivity index is 2.61. The molecule has 0 unspecified atom stereocenters. The van der Waals surface area contributed by atoms with Crippen LogP contribution < -0.4 is 0 Å². The quantitative estimate of drug-likeness (QED) is 0.802. The number of nitrogens with zero attached hydrogens (tertiary/aromatic N) is 2. The number of hydrogen-bond donors (Lipinski definition) is 0. The molecule has 0 aliphatic heterocycles. The number of aromatic nitrogens is 2. The van der Waals surface area contributed by atoms with E-state index in [-0.39, 0.29) is 11.3 Å². The SMILES string of the molecule is CCCc1nccn1-c1ccc(C=O)cc1C(F)(F)F. The summed E-state index contributed by atoms with van der Waals surface area (Å²) in [6.07, 6.45) is 0.210. The molecule has 0 bridgehead atoms. The number of aldehydes is 1. The predicted octanol–water partition coefficient (Wildman–Crippen LogP) is 3.66. The van der Waals surface area contributed by atoms with Crippen LogP contribution in [0.2, 0.25) is 0 Å². The molecular formula is C14H13F3N2O. The third kappa shape index (κ3) is 2.74. The first-order valence-corrected chi connectivity index (χ1v) is 6.16. The number of alkyl halides is 3. The topological polar surface area (TPSA) is 34.9 Å². The molecule has 0 aliphatic rings. The molecule has 2 aromatic rings. The maximum Gasteiger partial charge on any atom is 0.418 e. The highest BCUT2D eigenvalue weighted by Crippen LogP contribution is 2.34. The van der Waals surface area contributed by atoms with Gasteiger partial charge < -0.3 is 4.57 Å². The van der Waals surface area contributed by atoms with E-state index in [1.807, 2.05) is 6.92 Å². The minimum absolute atomic E-state index is 0.00164. The highest BCUT2D eigenvalue weighted by atomic mass is 19.4. The molecule has 1 aromatic heterocycles. The van der Waals surface area contributed by atoms with E-state index in [1.165, 1.54) is 29.1 Å². The summed E-state index contributed by atoms with van der Waals surface area (Å²) in [6.45, 7) is 1.93. The van der Waals surface area contributed by atoms with E-state index in [0.717, 1.165) is 12.5 Å². The molecule has 1 aromatic carbocycles. The molecule has 0 amide bonds. The molecule has 0 fully saturated rings. The Bertz CT molecular complexity index is 617. The van der Waals surface area contributed by atoms with Crippen molar-refractivity contribution in [2.24, 2.45) is 0 Å². The summed E-state index contributed by atoms with van der Waals surface area (Å²) in [7, 11) is 0.